The quantitative estimate of drug-likeness (QED) is 0.177. The molecule has 6 nitrogen and oxygen atoms in total. The largest absolute Gasteiger partial charge is 0.487 e. The van der Waals surface area contributed by atoms with Gasteiger partial charge in [-0.1, -0.05) is 24.0 Å². The van der Waals surface area contributed by atoms with Gasteiger partial charge in [0.15, 0.2) is 5.82 Å². The van der Waals surface area contributed by atoms with Crippen LogP contribution < -0.4 is 10.4 Å². The zero-order valence-electron chi connectivity index (χ0n) is 21.8. The van der Waals surface area contributed by atoms with Gasteiger partial charge >= 0.3 is 18.0 Å². The van der Waals surface area contributed by atoms with E-state index in [2.05, 4.69) is 31.8 Å². The van der Waals surface area contributed by atoms with Crippen molar-refractivity contribution < 1.29 is 31.1 Å². The first-order valence-electron chi connectivity index (χ1n) is 12.5. The van der Waals surface area contributed by atoms with Gasteiger partial charge < -0.3 is 4.74 Å². The van der Waals surface area contributed by atoms with Crippen molar-refractivity contribution in [1.29, 1.82) is 0 Å². The van der Waals surface area contributed by atoms with Gasteiger partial charge in [0.1, 0.15) is 18.2 Å². The fourth-order valence-corrected chi connectivity index (χ4v) is 3.99. The standard InChI is InChI=1S/C31H18F6N4O2/c32-30(33,34)22-15-11-20(12-16-22)8-7-19-9-13-21(14-10-19)27-39-28(41-29(42)40-27)26-24(31(35,36)37)5-3-6-25(26)43-18-23-4-1-2-17-38-23/h1-6,9-17H,18H2,(H,39,40,41,42). The molecule has 0 spiro atoms. The van der Waals surface area contributed by atoms with Crippen molar-refractivity contribution >= 4 is 0 Å². The third kappa shape index (κ3) is 7.08. The van der Waals surface area contributed by atoms with Crippen LogP contribution in [0.15, 0.2) is 95.9 Å². The van der Waals surface area contributed by atoms with Gasteiger partial charge in [-0.3, -0.25) is 9.97 Å². The van der Waals surface area contributed by atoms with E-state index >= 15 is 0 Å². The molecule has 0 radical (unpaired) electrons. The molecule has 43 heavy (non-hydrogen) atoms. The van der Waals surface area contributed by atoms with E-state index in [0.29, 0.717) is 22.4 Å². The molecule has 0 aliphatic heterocycles. The molecule has 0 aliphatic carbocycles. The van der Waals surface area contributed by atoms with E-state index < -0.39 is 40.6 Å². The highest BCUT2D eigenvalue weighted by Gasteiger charge is 2.36. The van der Waals surface area contributed by atoms with Gasteiger partial charge in [0.2, 0.25) is 0 Å². The highest BCUT2D eigenvalue weighted by Crippen LogP contribution is 2.41. The van der Waals surface area contributed by atoms with Gasteiger partial charge in [-0.25, -0.2) is 9.78 Å². The zero-order chi connectivity index (χ0) is 30.6. The Morgan fingerprint density at radius 3 is 2.02 bits per heavy atom. The molecule has 0 aliphatic rings. The minimum Gasteiger partial charge on any atom is -0.487 e. The predicted octanol–water partition coefficient (Wildman–Crippen LogP) is 6.91. The van der Waals surface area contributed by atoms with Gasteiger partial charge in [0.25, 0.3) is 0 Å². The van der Waals surface area contributed by atoms with Gasteiger partial charge in [-0.05, 0) is 72.8 Å². The van der Waals surface area contributed by atoms with E-state index in [-0.39, 0.29) is 18.2 Å². The second kappa shape index (κ2) is 11.8. The molecule has 2 aromatic heterocycles. The molecule has 216 valence electrons. The summed E-state index contributed by atoms with van der Waals surface area (Å²) in [6.07, 6.45) is -7.73. The molecule has 12 heteroatoms. The molecule has 1 N–H and O–H groups in total. The number of H-pyrrole nitrogens is 1. The monoisotopic (exact) mass is 592 g/mol. The number of alkyl halides is 6. The van der Waals surface area contributed by atoms with E-state index in [0.717, 1.165) is 18.2 Å². The first-order chi connectivity index (χ1) is 20.5. The third-order valence-electron chi connectivity index (χ3n) is 6.03. The minimum atomic E-state index is -4.80. The molecule has 0 amide bonds. The van der Waals surface area contributed by atoms with Crippen LogP contribution >= 0.6 is 0 Å². The van der Waals surface area contributed by atoms with Crippen molar-refractivity contribution in [2.24, 2.45) is 0 Å². The van der Waals surface area contributed by atoms with E-state index in [4.69, 9.17) is 4.74 Å². The smallest absolute Gasteiger partial charge is 0.417 e. The lowest BCUT2D eigenvalue weighted by molar-refractivity contribution is -0.138. The van der Waals surface area contributed by atoms with Crippen molar-refractivity contribution in [2.75, 3.05) is 0 Å². The molecular weight excluding hydrogens is 574 g/mol. The van der Waals surface area contributed by atoms with Crippen LogP contribution in [-0.4, -0.2) is 19.9 Å². The topological polar surface area (TPSA) is 80.8 Å². The molecule has 3 aromatic carbocycles. The Bertz CT molecular complexity index is 1860. The Morgan fingerprint density at radius 2 is 1.42 bits per heavy atom. The van der Waals surface area contributed by atoms with E-state index in [1.807, 2.05) is 0 Å². The number of halogens is 6. The number of hydrogen-bond acceptors (Lipinski definition) is 5. The molecule has 0 atom stereocenters. The zero-order valence-corrected chi connectivity index (χ0v) is 21.8. The average molecular weight is 592 g/mol. The van der Waals surface area contributed by atoms with Crippen molar-refractivity contribution in [2.45, 2.75) is 19.0 Å². The molecule has 5 aromatic rings. The van der Waals surface area contributed by atoms with E-state index in [1.165, 1.54) is 42.6 Å². The molecular formula is C31H18F6N4O2. The lowest BCUT2D eigenvalue weighted by Gasteiger charge is -2.17. The van der Waals surface area contributed by atoms with Crippen molar-refractivity contribution in [3.05, 3.63) is 130 Å². The summed E-state index contributed by atoms with van der Waals surface area (Å²) in [6, 6.07) is 18.9. The molecule has 2 heterocycles. The number of aromatic amines is 1. The SMILES string of the molecule is O=c1nc(-c2ccc(C#Cc3ccc(C(F)(F)F)cc3)cc2)nc(-c2c(OCc3ccccn3)cccc2C(F)(F)F)[nH]1. The summed E-state index contributed by atoms with van der Waals surface area (Å²) in [5.41, 5.74) is -1.61. The van der Waals surface area contributed by atoms with Crippen LogP contribution in [-0.2, 0) is 19.0 Å². The number of pyridine rings is 1. The van der Waals surface area contributed by atoms with Crippen LogP contribution in [0, 0.1) is 11.8 Å². The fourth-order valence-electron chi connectivity index (χ4n) is 3.99. The number of aromatic nitrogens is 4. The van der Waals surface area contributed by atoms with Gasteiger partial charge in [0.05, 0.1) is 22.4 Å². The van der Waals surface area contributed by atoms with Gasteiger partial charge in [0, 0.05) is 22.9 Å². The highest BCUT2D eigenvalue weighted by molar-refractivity contribution is 5.71. The van der Waals surface area contributed by atoms with E-state index in [9.17, 15) is 31.1 Å². The minimum absolute atomic E-state index is 0.133. The normalized spacial score (nSPS) is 11.5. The second-order valence-electron chi connectivity index (χ2n) is 9.01. The van der Waals surface area contributed by atoms with E-state index in [1.54, 1.807) is 30.3 Å². The number of benzene rings is 3. The molecule has 0 saturated heterocycles. The Balaban J connectivity index is 1.46. The lowest BCUT2D eigenvalue weighted by atomic mass is 10.0. The Hall–Kier alpha value is -5.44. The Morgan fingerprint density at radius 1 is 0.744 bits per heavy atom. The Kier molecular flexibility index (Phi) is 7.98. The summed E-state index contributed by atoms with van der Waals surface area (Å²) in [5.74, 6) is 4.86. The molecule has 0 unspecified atom stereocenters. The van der Waals surface area contributed by atoms with Gasteiger partial charge in [-0.15, -0.1) is 0 Å². The average Bonchev–Trinajstić information content (AvgIpc) is 2.98. The summed E-state index contributed by atoms with van der Waals surface area (Å²) in [4.78, 5) is 26.9. The second-order valence-corrected chi connectivity index (χ2v) is 9.01. The van der Waals surface area contributed by atoms with Crippen LogP contribution in [0.3, 0.4) is 0 Å². The summed E-state index contributed by atoms with van der Waals surface area (Å²) in [7, 11) is 0. The van der Waals surface area contributed by atoms with Crippen molar-refractivity contribution in [1.82, 2.24) is 19.9 Å². The van der Waals surface area contributed by atoms with Crippen LogP contribution in [0.1, 0.15) is 27.9 Å². The van der Waals surface area contributed by atoms with Crippen LogP contribution in [0.4, 0.5) is 26.3 Å². The van der Waals surface area contributed by atoms with Crippen LogP contribution in [0.25, 0.3) is 22.8 Å². The number of ether oxygens (including phenoxy) is 1. The molecule has 5 rings (SSSR count). The highest BCUT2D eigenvalue weighted by atomic mass is 19.4. The maximum Gasteiger partial charge on any atom is 0.417 e. The summed E-state index contributed by atoms with van der Waals surface area (Å²) in [6.45, 7) is -0.133. The van der Waals surface area contributed by atoms with Gasteiger partial charge in [-0.2, -0.15) is 31.3 Å². The Labute approximate surface area is 240 Å². The molecule has 0 fully saturated rings. The molecule has 0 bridgehead atoms. The number of hydrogen-bond donors (Lipinski definition) is 1. The lowest BCUT2D eigenvalue weighted by Crippen LogP contribution is -2.17. The van der Waals surface area contributed by atoms with Crippen molar-refractivity contribution in [3.63, 3.8) is 0 Å². The van der Waals surface area contributed by atoms with Crippen molar-refractivity contribution in [3.8, 4) is 40.4 Å². The maximum absolute atomic E-state index is 14.0. The predicted molar refractivity (Wildman–Crippen MR) is 145 cm³/mol. The fraction of sp³-hybridized carbons (Fsp3) is 0.0968. The first-order valence-corrected chi connectivity index (χ1v) is 12.5. The summed E-state index contributed by atoms with van der Waals surface area (Å²) < 4.78 is 86.1. The maximum atomic E-state index is 14.0. The number of nitrogens with zero attached hydrogens (tertiary/aromatic N) is 3. The van der Waals surface area contributed by atoms with Crippen LogP contribution in [0.2, 0.25) is 0 Å². The third-order valence-corrected chi connectivity index (χ3v) is 6.03. The number of nitrogens with one attached hydrogen (secondary N) is 1. The summed E-state index contributed by atoms with van der Waals surface area (Å²) >= 11 is 0. The van der Waals surface area contributed by atoms with Crippen LogP contribution in [0.5, 0.6) is 5.75 Å². The molecule has 0 saturated carbocycles. The summed E-state index contributed by atoms with van der Waals surface area (Å²) in [5, 5.41) is 0. The first kappa shape index (κ1) is 29.1. The number of rotatable bonds is 5.